The van der Waals surface area contributed by atoms with Crippen LogP contribution in [0, 0.1) is 6.92 Å². The number of aromatic carboxylic acids is 1. The summed E-state index contributed by atoms with van der Waals surface area (Å²) in [5.41, 5.74) is 7.15. The van der Waals surface area contributed by atoms with Crippen LogP contribution in [0.15, 0.2) is 12.1 Å². The molecule has 3 N–H and O–H groups in total. The predicted molar refractivity (Wildman–Crippen MR) is 63.2 cm³/mol. The van der Waals surface area contributed by atoms with Crippen molar-refractivity contribution in [3.05, 3.63) is 33.8 Å². The fraction of sp³-hybridized carbons (Fsp3) is 0.300. The van der Waals surface area contributed by atoms with Crippen molar-refractivity contribution in [1.29, 1.82) is 0 Å². The topological polar surface area (TPSA) is 63.3 Å². The van der Waals surface area contributed by atoms with Gasteiger partial charge in [0.1, 0.15) is 0 Å². The molecule has 0 bridgehead atoms. The zero-order valence-corrected chi connectivity index (χ0v) is 9.86. The summed E-state index contributed by atoms with van der Waals surface area (Å²) < 4.78 is 0. The molecule has 84 valence electrons. The van der Waals surface area contributed by atoms with Gasteiger partial charge in [-0.05, 0) is 37.1 Å². The smallest absolute Gasteiger partial charge is 0.336 e. The molecule has 0 radical (unpaired) electrons. The molecule has 0 fully saturated rings. The maximum absolute atomic E-state index is 10.8. The number of benzene rings is 1. The molecule has 0 aliphatic heterocycles. The summed E-state index contributed by atoms with van der Waals surface area (Å²) in [6.45, 7) is 2.21. The molecule has 0 spiro atoms. The molecule has 0 aliphatic carbocycles. The molecule has 15 heavy (non-hydrogen) atoms. The minimum absolute atomic E-state index is 0. The van der Waals surface area contributed by atoms with Crippen molar-refractivity contribution in [2.24, 2.45) is 5.73 Å². The van der Waals surface area contributed by atoms with E-state index in [1.807, 2.05) is 0 Å². The molecule has 5 heteroatoms. The van der Waals surface area contributed by atoms with Crippen LogP contribution in [-0.2, 0) is 6.42 Å². The third-order valence-electron chi connectivity index (χ3n) is 2.11. The first kappa shape index (κ1) is 14.2. The van der Waals surface area contributed by atoms with Gasteiger partial charge in [0, 0.05) is 5.02 Å². The monoisotopic (exact) mass is 249 g/mol. The summed E-state index contributed by atoms with van der Waals surface area (Å²) >= 11 is 6.00. The quantitative estimate of drug-likeness (QED) is 0.864. The summed E-state index contributed by atoms with van der Waals surface area (Å²) in [4.78, 5) is 10.8. The van der Waals surface area contributed by atoms with Crippen molar-refractivity contribution in [2.45, 2.75) is 13.3 Å². The van der Waals surface area contributed by atoms with E-state index >= 15 is 0 Å². The van der Waals surface area contributed by atoms with Crippen LogP contribution < -0.4 is 5.73 Å². The Hall–Kier alpha value is -0.770. The van der Waals surface area contributed by atoms with Gasteiger partial charge in [0.15, 0.2) is 0 Å². The molecule has 1 rings (SSSR count). The Kier molecular flexibility index (Phi) is 5.65. The second kappa shape index (κ2) is 5.95. The van der Waals surface area contributed by atoms with Crippen molar-refractivity contribution in [3.63, 3.8) is 0 Å². The van der Waals surface area contributed by atoms with E-state index < -0.39 is 5.97 Å². The number of hydrogen-bond acceptors (Lipinski definition) is 2. The first-order chi connectivity index (χ1) is 6.57. The van der Waals surface area contributed by atoms with E-state index in [2.05, 4.69) is 0 Å². The van der Waals surface area contributed by atoms with Gasteiger partial charge in [0.05, 0.1) is 5.56 Å². The highest BCUT2D eigenvalue weighted by molar-refractivity contribution is 6.32. The molecular weight excluding hydrogens is 237 g/mol. The number of halogens is 2. The molecule has 0 heterocycles. The van der Waals surface area contributed by atoms with Crippen LogP contribution in [0.25, 0.3) is 0 Å². The highest BCUT2D eigenvalue weighted by atomic mass is 35.5. The molecule has 0 amide bonds. The Bertz CT molecular complexity index is 367. The highest BCUT2D eigenvalue weighted by Crippen LogP contribution is 2.24. The maximum atomic E-state index is 10.8. The van der Waals surface area contributed by atoms with Gasteiger partial charge >= 0.3 is 5.97 Å². The van der Waals surface area contributed by atoms with E-state index in [-0.39, 0.29) is 18.0 Å². The molecule has 0 atom stereocenters. The van der Waals surface area contributed by atoms with Crippen molar-refractivity contribution >= 4 is 30.0 Å². The van der Waals surface area contributed by atoms with Crippen LogP contribution in [0.1, 0.15) is 21.5 Å². The molecule has 0 aliphatic rings. The molecule has 0 saturated heterocycles. The van der Waals surface area contributed by atoms with E-state index in [0.29, 0.717) is 23.6 Å². The van der Waals surface area contributed by atoms with Crippen molar-refractivity contribution in [2.75, 3.05) is 6.54 Å². The summed E-state index contributed by atoms with van der Waals surface area (Å²) in [5, 5.41) is 9.34. The molecule has 1 aromatic carbocycles. The highest BCUT2D eigenvalue weighted by Gasteiger charge is 2.12. The summed E-state index contributed by atoms with van der Waals surface area (Å²) in [6.07, 6.45) is 0.666. The molecule has 3 nitrogen and oxygen atoms in total. The zero-order chi connectivity index (χ0) is 10.7. The standard InChI is InChI=1S/C10H12ClNO2.ClH/c1-6-8(10(13)14)3-2-7(4-5-12)9(6)11;/h2-3H,4-5,12H2,1H3,(H,13,14);1H. The third-order valence-corrected chi connectivity index (χ3v) is 2.64. The minimum Gasteiger partial charge on any atom is -0.478 e. The van der Waals surface area contributed by atoms with Gasteiger partial charge in [-0.3, -0.25) is 0 Å². The Morgan fingerprint density at radius 1 is 1.53 bits per heavy atom. The molecule has 0 saturated carbocycles. The lowest BCUT2D eigenvalue weighted by Gasteiger charge is -2.08. The van der Waals surface area contributed by atoms with Crippen LogP contribution in [-0.4, -0.2) is 17.6 Å². The largest absolute Gasteiger partial charge is 0.478 e. The van der Waals surface area contributed by atoms with Crippen molar-refractivity contribution < 1.29 is 9.90 Å². The van der Waals surface area contributed by atoms with Gasteiger partial charge in [0.2, 0.25) is 0 Å². The molecule has 0 aromatic heterocycles. The average molecular weight is 250 g/mol. The fourth-order valence-electron chi connectivity index (χ4n) is 1.32. The van der Waals surface area contributed by atoms with Crippen LogP contribution in [0.5, 0.6) is 0 Å². The fourth-order valence-corrected chi connectivity index (χ4v) is 1.58. The lowest BCUT2D eigenvalue weighted by Crippen LogP contribution is -2.06. The van der Waals surface area contributed by atoms with Crippen LogP contribution in [0.2, 0.25) is 5.02 Å². The van der Waals surface area contributed by atoms with Gasteiger partial charge < -0.3 is 10.8 Å². The maximum Gasteiger partial charge on any atom is 0.336 e. The normalized spacial score (nSPS) is 9.53. The molecular formula is C10H13Cl2NO2. The number of rotatable bonds is 3. The first-order valence-corrected chi connectivity index (χ1v) is 4.67. The van der Waals surface area contributed by atoms with Gasteiger partial charge in [-0.1, -0.05) is 17.7 Å². The van der Waals surface area contributed by atoms with E-state index in [0.717, 1.165) is 5.56 Å². The van der Waals surface area contributed by atoms with E-state index in [1.165, 1.54) is 0 Å². The number of carboxylic acids is 1. The van der Waals surface area contributed by atoms with Crippen molar-refractivity contribution in [3.8, 4) is 0 Å². The zero-order valence-electron chi connectivity index (χ0n) is 8.29. The Balaban J connectivity index is 0.00000196. The summed E-state index contributed by atoms with van der Waals surface area (Å²) in [5.74, 6) is -0.955. The number of carboxylic acid groups (broad SMARTS) is 1. The van der Waals surface area contributed by atoms with Crippen LogP contribution >= 0.6 is 24.0 Å². The van der Waals surface area contributed by atoms with E-state index in [9.17, 15) is 4.79 Å². The van der Waals surface area contributed by atoms with Gasteiger partial charge in [-0.15, -0.1) is 12.4 Å². The minimum atomic E-state index is -0.955. The van der Waals surface area contributed by atoms with Gasteiger partial charge in [-0.2, -0.15) is 0 Å². The average Bonchev–Trinajstić information content (AvgIpc) is 2.13. The third kappa shape index (κ3) is 3.09. The van der Waals surface area contributed by atoms with Crippen molar-refractivity contribution in [1.82, 2.24) is 0 Å². The molecule has 0 unspecified atom stereocenters. The van der Waals surface area contributed by atoms with Gasteiger partial charge in [-0.25, -0.2) is 4.79 Å². The SMILES string of the molecule is Cc1c(C(=O)O)ccc(CCN)c1Cl.Cl. The number of hydrogen-bond donors (Lipinski definition) is 2. The Morgan fingerprint density at radius 3 is 2.60 bits per heavy atom. The van der Waals surface area contributed by atoms with Crippen LogP contribution in [0.4, 0.5) is 0 Å². The van der Waals surface area contributed by atoms with E-state index in [4.69, 9.17) is 22.4 Å². The second-order valence-electron chi connectivity index (χ2n) is 3.06. The lowest BCUT2D eigenvalue weighted by atomic mass is 10.0. The predicted octanol–water partition coefficient (Wildman–Crippen LogP) is 2.27. The summed E-state index contributed by atoms with van der Waals surface area (Å²) in [6, 6.07) is 3.28. The molecule has 1 aromatic rings. The van der Waals surface area contributed by atoms with Gasteiger partial charge in [0.25, 0.3) is 0 Å². The first-order valence-electron chi connectivity index (χ1n) is 4.29. The van der Waals surface area contributed by atoms with E-state index in [1.54, 1.807) is 19.1 Å². The lowest BCUT2D eigenvalue weighted by molar-refractivity contribution is 0.0696. The summed E-state index contributed by atoms with van der Waals surface area (Å²) in [7, 11) is 0. The Morgan fingerprint density at radius 2 is 2.13 bits per heavy atom. The van der Waals surface area contributed by atoms with Crippen LogP contribution in [0.3, 0.4) is 0 Å². The number of nitrogens with two attached hydrogens (primary N) is 1. The second-order valence-corrected chi connectivity index (χ2v) is 3.43. The number of carbonyl (C=O) groups is 1. The Labute approximate surface area is 99.6 Å².